The van der Waals surface area contributed by atoms with Crippen molar-refractivity contribution in [2.24, 2.45) is 5.92 Å². The van der Waals surface area contributed by atoms with E-state index < -0.39 is 0 Å². The summed E-state index contributed by atoms with van der Waals surface area (Å²) in [6.45, 7) is 4.30. The molecule has 1 aliphatic heterocycles. The molecule has 2 fully saturated rings. The average Bonchev–Trinajstić information content (AvgIpc) is 3.25. The van der Waals surface area contributed by atoms with E-state index in [1.807, 2.05) is 12.1 Å². The Kier molecular flexibility index (Phi) is 3.52. The summed E-state index contributed by atoms with van der Waals surface area (Å²) in [7, 11) is 0. The first kappa shape index (κ1) is 13.7. The van der Waals surface area contributed by atoms with Gasteiger partial charge in [0.25, 0.3) is 0 Å². The van der Waals surface area contributed by atoms with E-state index in [2.05, 4.69) is 25.9 Å². The Balaban J connectivity index is 1.76. The van der Waals surface area contributed by atoms with Gasteiger partial charge in [0.2, 0.25) is 0 Å². The van der Waals surface area contributed by atoms with E-state index in [1.54, 1.807) is 0 Å². The molecule has 1 N–H and O–H groups in total. The Morgan fingerprint density at radius 1 is 1.38 bits per heavy atom. The smallest absolute Gasteiger partial charge is 0.129 e. The molecule has 2 aliphatic rings. The van der Waals surface area contributed by atoms with E-state index in [0.29, 0.717) is 12.1 Å². The maximum atomic E-state index is 6.53. The van der Waals surface area contributed by atoms with Crippen molar-refractivity contribution in [3.05, 3.63) is 17.2 Å². The van der Waals surface area contributed by atoms with Crippen LogP contribution in [0.4, 0.5) is 5.69 Å². The fourth-order valence-electron chi connectivity index (χ4n) is 3.36. The molecule has 4 rings (SSSR count). The number of hydrogen-bond donors (Lipinski definition) is 1. The van der Waals surface area contributed by atoms with Gasteiger partial charge in [-0.25, -0.2) is 0 Å². The Morgan fingerprint density at radius 2 is 2.24 bits per heavy atom. The lowest BCUT2D eigenvalue weighted by molar-refractivity contribution is 0.360. The maximum absolute atomic E-state index is 6.53. The van der Waals surface area contributed by atoms with E-state index in [4.69, 9.17) is 11.6 Å². The number of anilines is 1. The first-order chi connectivity index (χ1) is 10.3. The van der Waals surface area contributed by atoms with Crippen LogP contribution in [0.25, 0.3) is 11.0 Å². The van der Waals surface area contributed by atoms with Gasteiger partial charge in [0, 0.05) is 25.2 Å². The molecule has 6 heteroatoms. The number of halogens is 1. The van der Waals surface area contributed by atoms with Crippen LogP contribution >= 0.6 is 23.3 Å². The molecule has 1 saturated carbocycles. The molecule has 1 aromatic carbocycles. The summed E-state index contributed by atoms with van der Waals surface area (Å²) < 4.78 is 8.86. The number of benzene rings is 1. The molecule has 1 aliphatic carbocycles. The normalized spacial score (nSPS) is 26.5. The zero-order chi connectivity index (χ0) is 14.4. The molecule has 1 saturated heterocycles. The van der Waals surface area contributed by atoms with Gasteiger partial charge in [-0.15, -0.1) is 0 Å². The molecule has 112 valence electrons. The van der Waals surface area contributed by atoms with Crippen LogP contribution in [0.15, 0.2) is 12.1 Å². The van der Waals surface area contributed by atoms with E-state index in [-0.39, 0.29) is 0 Å². The van der Waals surface area contributed by atoms with Crippen LogP contribution in [0.3, 0.4) is 0 Å². The quantitative estimate of drug-likeness (QED) is 0.941. The van der Waals surface area contributed by atoms with Crippen molar-refractivity contribution in [3.8, 4) is 0 Å². The molecule has 2 aromatic rings. The molecule has 21 heavy (non-hydrogen) atoms. The fraction of sp³-hybridized carbons (Fsp3) is 0.600. The van der Waals surface area contributed by atoms with Crippen LogP contribution in [0.5, 0.6) is 0 Å². The van der Waals surface area contributed by atoms with E-state index in [0.717, 1.165) is 47.2 Å². The van der Waals surface area contributed by atoms with Crippen LogP contribution in [0.1, 0.15) is 26.2 Å². The van der Waals surface area contributed by atoms with Crippen LogP contribution in [-0.2, 0) is 0 Å². The first-order valence-electron chi connectivity index (χ1n) is 7.68. The molecule has 0 amide bonds. The lowest BCUT2D eigenvalue weighted by Crippen LogP contribution is -2.57. The summed E-state index contributed by atoms with van der Waals surface area (Å²) in [4.78, 5) is 2.48. The van der Waals surface area contributed by atoms with Gasteiger partial charge in [-0.3, -0.25) is 0 Å². The summed E-state index contributed by atoms with van der Waals surface area (Å²) in [6, 6.07) is 4.99. The Morgan fingerprint density at radius 3 is 3.00 bits per heavy atom. The number of piperazine rings is 1. The van der Waals surface area contributed by atoms with Crippen molar-refractivity contribution in [2.75, 3.05) is 18.0 Å². The standard InChI is InChI=1S/C15H19ClN4S/c1-2-10-7-17-13(9-3-4-9)8-20(10)15-11(16)5-6-12-14(15)19-21-18-12/h5-6,9-10,13,17H,2-4,7-8H2,1H3. The highest BCUT2D eigenvalue weighted by molar-refractivity contribution is 7.00. The second-order valence-corrected chi connectivity index (χ2v) is 7.03. The minimum absolute atomic E-state index is 0.477. The van der Waals surface area contributed by atoms with Crippen LogP contribution in [-0.4, -0.2) is 33.9 Å². The lowest BCUT2D eigenvalue weighted by Gasteiger charge is -2.42. The molecular formula is C15H19ClN4S. The largest absolute Gasteiger partial charge is 0.363 e. The maximum Gasteiger partial charge on any atom is 0.129 e. The summed E-state index contributed by atoms with van der Waals surface area (Å²) in [5.74, 6) is 0.844. The molecule has 0 radical (unpaired) electrons. The molecule has 4 nitrogen and oxygen atoms in total. The Labute approximate surface area is 133 Å². The zero-order valence-corrected chi connectivity index (χ0v) is 13.6. The highest BCUT2D eigenvalue weighted by atomic mass is 35.5. The number of fused-ring (bicyclic) bond motifs is 1. The molecule has 0 spiro atoms. The Hall–Kier alpha value is -0.910. The van der Waals surface area contributed by atoms with Crippen molar-refractivity contribution in [1.29, 1.82) is 0 Å². The fourth-order valence-corrected chi connectivity index (χ4v) is 4.16. The molecule has 1 aromatic heterocycles. The predicted molar refractivity (Wildman–Crippen MR) is 88.4 cm³/mol. The number of hydrogen-bond acceptors (Lipinski definition) is 5. The molecule has 0 bridgehead atoms. The van der Waals surface area contributed by atoms with Gasteiger partial charge in [0.1, 0.15) is 11.0 Å². The van der Waals surface area contributed by atoms with Gasteiger partial charge in [-0.1, -0.05) is 18.5 Å². The van der Waals surface area contributed by atoms with E-state index >= 15 is 0 Å². The summed E-state index contributed by atoms with van der Waals surface area (Å²) in [5.41, 5.74) is 3.00. The van der Waals surface area contributed by atoms with Crippen molar-refractivity contribution in [2.45, 2.75) is 38.3 Å². The second kappa shape index (κ2) is 5.38. The van der Waals surface area contributed by atoms with Crippen molar-refractivity contribution in [3.63, 3.8) is 0 Å². The third kappa shape index (κ3) is 2.41. The number of rotatable bonds is 3. The van der Waals surface area contributed by atoms with Gasteiger partial charge in [0.05, 0.1) is 22.4 Å². The van der Waals surface area contributed by atoms with Crippen molar-refractivity contribution >= 4 is 40.0 Å². The van der Waals surface area contributed by atoms with Crippen molar-refractivity contribution in [1.82, 2.24) is 14.1 Å². The SMILES string of the molecule is CCC1CNC(C2CC2)CN1c1c(Cl)ccc2nsnc12. The zero-order valence-electron chi connectivity index (χ0n) is 12.1. The predicted octanol–water partition coefficient (Wildman–Crippen LogP) is 3.31. The topological polar surface area (TPSA) is 41.0 Å². The monoisotopic (exact) mass is 322 g/mol. The number of nitrogens with one attached hydrogen (secondary N) is 1. The van der Waals surface area contributed by atoms with Gasteiger partial charge in [-0.05, 0) is 37.3 Å². The minimum Gasteiger partial charge on any atom is -0.363 e. The molecule has 2 unspecified atom stereocenters. The minimum atomic E-state index is 0.477. The van der Waals surface area contributed by atoms with Gasteiger partial charge in [-0.2, -0.15) is 8.75 Å². The van der Waals surface area contributed by atoms with E-state index in [1.165, 1.54) is 24.6 Å². The Bertz CT molecular complexity index is 654. The average molecular weight is 323 g/mol. The van der Waals surface area contributed by atoms with Crippen LogP contribution in [0.2, 0.25) is 5.02 Å². The summed E-state index contributed by atoms with van der Waals surface area (Å²) in [6.07, 6.45) is 3.83. The van der Waals surface area contributed by atoms with Crippen LogP contribution in [0, 0.1) is 5.92 Å². The molecular weight excluding hydrogens is 304 g/mol. The second-order valence-electron chi connectivity index (χ2n) is 6.09. The van der Waals surface area contributed by atoms with Gasteiger partial charge in [0.15, 0.2) is 0 Å². The van der Waals surface area contributed by atoms with Crippen molar-refractivity contribution < 1.29 is 0 Å². The number of aromatic nitrogens is 2. The molecule has 2 atom stereocenters. The number of nitrogens with zero attached hydrogens (tertiary/aromatic N) is 3. The molecule has 2 heterocycles. The van der Waals surface area contributed by atoms with Crippen LogP contribution < -0.4 is 10.2 Å². The first-order valence-corrected chi connectivity index (χ1v) is 8.79. The van der Waals surface area contributed by atoms with Gasteiger partial charge < -0.3 is 10.2 Å². The summed E-state index contributed by atoms with van der Waals surface area (Å²) in [5, 5.41) is 4.52. The van der Waals surface area contributed by atoms with Gasteiger partial charge >= 0.3 is 0 Å². The third-order valence-corrected chi connectivity index (χ3v) is 5.60. The summed E-state index contributed by atoms with van der Waals surface area (Å²) >= 11 is 7.80. The lowest BCUT2D eigenvalue weighted by atomic mass is 10.0. The highest BCUT2D eigenvalue weighted by Gasteiger charge is 2.37. The highest BCUT2D eigenvalue weighted by Crippen LogP contribution is 2.39. The van der Waals surface area contributed by atoms with E-state index in [9.17, 15) is 0 Å². The third-order valence-electron chi connectivity index (χ3n) is 4.75.